The zero-order chi connectivity index (χ0) is 19.7. The third-order valence-electron chi connectivity index (χ3n) is 6.22. The molecule has 1 aromatic rings. The molecule has 2 fully saturated rings. The van der Waals surface area contributed by atoms with E-state index in [1.54, 1.807) is 13.0 Å². The van der Waals surface area contributed by atoms with Crippen molar-refractivity contribution >= 4 is 5.57 Å². The number of alkyl halides is 1. The number of hydrogen-bond acceptors (Lipinski definition) is 6. The number of rotatable bonds is 3. The zero-order valence-electron chi connectivity index (χ0n) is 15.7. The fourth-order valence-corrected chi connectivity index (χ4v) is 4.49. The molecule has 9 heteroatoms. The summed E-state index contributed by atoms with van der Waals surface area (Å²) in [5.41, 5.74) is 11.5. The predicted molar refractivity (Wildman–Crippen MR) is 101 cm³/mol. The molecular weight excluding hydrogens is 351 g/mol. The van der Waals surface area contributed by atoms with Gasteiger partial charge in [-0.2, -0.15) is 4.68 Å². The van der Waals surface area contributed by atoms with Gasteiger partial charge in [-0.3, -0.25) is 20.0 Å². The Morgan fingerprint density at radius 2 is 1.96 bits per heavy atom. The van der Waals surface area contributed by atoms with Gasteiger partial charge in [0.1, 0.15) is 0 Å². The first-order chi connectivity index (χ1) is 12.6. The molecule has 1 aromatic heterocycles. The quantitative estimate of drug-likeness (QED) is 0.485. The zero-order valence-corrected chi connectivity index (χ0v) is 15.7. The highest BCUT2D eigenvalue weighted by atomic mass is 19.1. The van der Waals surface area contributed by atoms with E-state index in [0.717, 1.165) is 19.3 Å². The number of hydrogen-bond donors (Lipinski definition) is 3. The Labute approximate surface area is 156 Å². The summed E-state index contributed by atoms with van der Waals surface area (Å²) in [6.07, 6.45) is 4.04. The standard InChI is InChI=1S/C18H27FN6O2/c1-9-7-13(23-6-5-11(8-23)10(2)20)18(19,21)15-14(9)16(26)25(22)17(27)24(15)12-3-4-12/h7,10-13H,3-6,8,20-22H2,1-2H3. The molecule has 0 radical (unpaired) electrons. The van der Waals surface area contributed by atoms with Gasteiger partial charge in [0.15, 0.2) is 0 Å². The minimum absolute atomic E-state index is 0.0110. The molecule has 4 rings (SSSR count). The summed E-state index contributed by atoms with van der Waals surface area (Å²) in [7, 11) is 0. The second kappa shape index (κ2) is 6.02. The topological polar surface area (TPSA) is 125 Å². The van der Waals surface area contributed by atoms with Crippen molar-refractivity contribution in [3.05, 3.63) is 38.2 Å². The monoisotopic (exact) mass is 378 g/mol. The van der Waals surface area contributed by atoms with Gasteiger partial charge in [0.25, 0.3) is 5.56 Å². The van der Waals surface area contributed by atoms with E-state index in [2.05, 4.69) is 0 Å². The highest BCUT2D eigenvalue weighted by Gasteiger charge is 2.50. The summed E-state index contributed by atoms with van der Waals surface area (Å²) in [5.74, 6) is 3.59. The Hall–Kier alpha value is -1.97. The highest BCUT2D eigenvalue weighted by Crippen LogP contribution is 2.43. The smallest absolute Gasteiger partial charge is 0.332 e. The van der Waals surface area contributed by atoms with E-state index < -0.39 is 23.1 Å². The van der Waals surface area contributed by atoms with E-state index in [1.165, 1.54) is 4.57 Å². The Morgan fingerprint density at radius 3 is 2.52 bits per heavy atom. The molecule has 1 saturated heterocycles. The number of nitrogens with two attached hydrogens (primary N) is 3. The van der Waals surface area contributed by atoms with Crippen LogP contribution < -0.4 is 28.6 Å². The van der Waals surface area contributed by atoms with Gasteiger partial charge in [0.2, 0.25) is 5.79 Å². The van der Waals surface area contributed by atoms with Crippen molar-refractivity contribution in [3.8, 4) is 0 Å². The summed E-state index contributed by atoms with van der Waals surface area (Å²) in [6, 6.07) is -0.912. The Bertz CT molecular complexity index is 927. The minimum atomic E-state index is -2.36. The van der Waals surface area contributed by atoms with E-state index in [4.69, 9.17) is 17.3 Å². The van der Waals surface area contributed by atoms with Gasteiger partial charge in [-0.1, -0.05) is 6.08 Å². The van der Waals surface area contributed by atoms with Crippen LogP contribution in [0.4, 0.5) is 4.39 Å². The summed E-state index contributed by atoms with van der Waals surface area (Å²) < 4.78 is 18.0. The van der Waals surface area contributed by atoms with Crippen LogP contribution in [0.15, 0.2) is 15.7 Å². The number of halogens is 1. The molecule has 3 aliphatic rings. The van der Waals surface area contributed by atoms with Crippen LogP contribution in [-0.2, 0) is 5.79 Å². The minimum Gasteiger partial charge on any atom is -0.332 e. The summed E-state index contributed by atoms with van der Waals surface area (Å²) in [5, 5.41) is 0. The molecule has 4 unspecified atom stereocenters. The maximum Gasteiger partial charge on any atom is 0.350 e. The first-order valence-electron chi connectivity index (χ1n) is 9.48. The third-order valence-corrected chi connectivity index (χ3v) is 6.22. The molecule has 1 aliphatic heterocycles. The van der Waals surface area contributed by atoms with E-state index >= 15 is 4.39 Å². The molecule has 0 amide bonds. The molecule has 2 aliphatic carbocycles. The van der Waals surface area contributed by atoms with E-state index in [0.29, 0.717) is 23.3 Å². The van der Waals surface area contributed by atoms with E-state index in [9.17, 15) is 9.59 Å². The van der Waals surface area contributed by atoms with E-state index in [1.807, 2.05) is 11.8 Å². The molecule has 27 heavy (non-hydrogen) atoms. The van der Waals surface area contributed by atoms with Crippen molar-refractivity contribution < 1.29 is 4.39 Å². The van der Waals surface area contributed by atoms with Crippen LogP contribution in [0.2, 0.25) is 0 Å². The van der Waals surface area contributed by atoms with Gasteiger partial charge in [0.05, 0.1) is 17.3 Å². The number of nitrogens with zero attached hydrogens (tertiary/aromatic N) is 3. The maximum atomic E-state index is 16.1. The molecule has 8 nitrogen and oxygen atoms in total. The van der Waals surface area contributed by atoms with Gasteiger partial charge in [-0.05, 0) is 51.1 Å². The Morgan fingerprint density at radius 1 is 1.30 bits per heavy atom. The number of fused-ring (bicyclic) bond motifs is 1. The van der Waals surface area contributed by atoms with Gasteiger partial charge < -0.3 is 11.6 Å². The van der Waals surface area contributed by atoms with Gasteiger partial charge in [-0.15, -0.1) is 0 Å². The van der Waals surface area contributed by atoms with E-state index in [-0.39, 0.29) is 29.3 Å². The summed E-state index contributed by atoms with van der Waals surface area (Å²) >= 11 is 0. The van der Waals surface area contributed by atoms with Crippen molar-refractivity contribution in [2.75, 3.05) is 18.9 Å². The van der Waals surface area contributed by atoms with Gasteiger partial charge in [0, 0.05) is 18.6 Å². The first-order valence-corrected chi connectivity index (χ1v) is 9.48. The number of aromatic nitrogens is 2. The maximum absolute atomic E-state index is 16.1. The summed E-state index contributed by atoms with van der Waals surface area (Å²) in [6.45, 7) is 4.99. The highest BCUT2D eigenvalue weighted by molar-refractivity contribution is 5.69. The third kappa shape index (κ3) is 2.67. The lowest BCUT2D eigenvalue weighted by atomic mass is 9.86. The van der Waals surface area contributed by atoms with Crippen LogP contribution >= 0.6 is 0 Å². The number of nitrogen functional groups attached to an aromatic ring is 1. The molecule has 0 aromatic carbocycles. The normalized spacial score (nSPS) is 32.3. The van der Waals surface area contributed by atoms with Crippen LogP contribution in [-0.4, -0.2) is 39.3 Å². The molecule has 0 bridgehead atoms. The fraction of sp³-hybridized carbons (Fsp3) is 0.667. The van der Waals surface area contributed by atoms with Crippen molar-refractivity contribution in [1.82, 2.24) is 14.1 Å². The molecule has 2 heterocycles. The van der Waals surface area contributed by atoms with Crippen molar-refractivity contribution in [1.29, 1.82) is 0 Å². The molecular formula is C18H27FN6O2. The molecule has 0 spiro atoms. The predicted octanol–water partition coefficient (Wildman–Crippen LogP) is -0.406. The number of likely N-dealkylation sites (tertiary alicyclic amines) is 1. The SMILES string of the molecule is CC1=CC(N2CCC(C(C)N)C2)C(N)(F)c2c1c(=O)n(N)c(=O)n2C1CC1. The van der Waals surface area contributed by atoms with Crippen LogP contribution in [0, 0.1) is 5.92 Å². The average Bonchev–Trinajstić information content (AvgIpc) is 3.31. The molecule has 6 N–H and O–H groups in total. The molecule has 4 atom stereocenters. The second-order valence-corrected chi connectivity index (χ2v) is 8.25. The second-order valence-electron chi connectivity index (χ2n) is 8.25. The van der Waals surface area contributed by atoms with Crippen LogP contribution in [0.1, 0.15) is 50.4 Å². The van der Waals surface area contributed by atoms with Crippen LogP contribution in [0.5, 0.6) is 0 Å². The lowest BCUT2D eigenvalue weighted by molar-refractivity contribution is 0.0507. The van der Waals surface area contributed by atoms with Crippen molar-refractivity contribution in [3.63, 3.8) is 0 Å². The molecule has 1 saturated carbocycles. The van der Waals surface area contributed by atoms with Crippen molar-refractivity contribution in [2.24, 2.45) is 17.4 Å². The first kappa shape index (κ1) is 18.4. The van der Waals surface area contributed by atoms with Gasteiger partial charge >= 0.3 is 5.69 Å². The largest absolute Gasteiger partial charge is 0.350 e. The Balaban J connectivity index is 1.87. The average molecular weight is 378 g/mol. The summed E-state index contributed by atoms with van der Waals surface area (Å²) in [4.78, 5) is 27.2. The van der Waals surface area contributed by atoms with Gasteiger partial charge in [-0.25, -0.2) is 9.18 Å². The van der Waals surface area contributed by atoms with Crippen molar-refractivity contribution in [2.45, 2.75) is 57.0 Å². The lowest BCUT2D eigenvalue weighted by Gasteiger charge is -2.40. The number of allylic oxidation sites excluding steroid dienone is 1. The fourth-order valence-electron chi connectivity index (χ4n) is 4.49. The van der Waals surface area contributed by atoms with Crippen LogP contribution in [0.3, 0.4) is 0 Å². The van der Waals surface area contributed by atoms with Crippen LogP contribution in [0.25, 0.3) is 5.57 Å². The lowest BCUT2D eigenvalue weighted by Crippen LogP contribution is -2.59. The molecule has 148 valence electrons. The Kier molecular flexibility index (Phi) is 4.10.